The molecule has 5 aromatic rings. The molecule has 0 unspecified atom stereocenters. The quantitative estimate of drug-likeness (QED) is 0.465. The minimum absolute atomic E-state index is 0.0422. The van der Waals surface area contributed by atoms with E-state index in [0.717, 1.165) is 17.0 Å². The minimum Gasteiger partial charge on any atom is -0.364 e. The van der Waals surface area contributed by atoms with Gasteiger partial charge in [0.15, 0.2) is 11.5 Å². The van der Waals surface area contributed by atoms with Crippen LogP contribution in [0.4, 0.5) is 14.6 Å². The Morgan fingerprint density at radius 3 is 2.61 bits per heavy atom. The van der Waals surface area contributed by atoms with E-state index < -0.39 is 11.6 Å². The van der Waals surface area contributed by atoms with Gasteiger partial charge in [0.25, 0.3) is 0 Å². The Kier molecular flexibility index (Phi) is 4.62. The van der Waals surface area contributed by atoms with Crippen LogP contribution < -0.4 is 5.32 Å². The Balaban J connectivity index is 1.56. The van der Waals surface area contributed by atoms with Crippen LogP contribution in [0.25, 0.3) is 22.7 Å². The summed E-state index contributed by atoms with van der Waals surface area (Å²) < 4.78 is 31.3. The normalized spacial score (nSPS) is 11.2. The molecule has 5 rings (SSSR count). The molecule has 0 spiro atoms. The average Bonchev–Trinajstić information content (AvgIpc) is 3.40. The summed E-state index contributed by atoms with van der Waals surface area (Å²) in [5.74, 6) is -0.127. The lowest BCUT2D eigenvalue weighted by Crippen LogP contribution is -2.06. The number of pyridine rings is 2. The van der Waals surface area contributed by atoms with Gasteiger partial charge in [0.05, 0.1) is 5.69 Å². The predicted molar refractivity (Wildman–Crippen MR) is 112 cm³/mol. The van der Waals surface area contributed by atoms with Gasteiger partial charge in [-0.05, 0) is 43.3 Å². The summed E-state index contributed by atoms with van der Waals surface area (Å²) in [5.41, 5.74) is 3.08. The van der Waals surface area contributed by atoms with Gasteiger partial charge in [-0.25, -0.2) is 27.9 Å². The van der Waals surface area contributed by atoms with Crippen LogP contribution in [0.15, 0.2) is 67.1 Å². The van der Waals surface area contributed by atoms with Crippen LogP contribution in [0.1, 0.15) is 11.3 Å². The summed E-state index contributed by atoms with van der Waals surface area (Å²) in [6.45, 7) is 1.86. The van der Waals surface area contributed by atoms with Crippen LogP contribution in [0.5, 0.6) is 0 Å². The van der Waals surface area contributed by atoms with Gasteiger partial charge >= 0.3 is 0 Å². The van der Waals surface area contributed by atoms with E-state index >= 15 is 0 Å². The van der Waals surface area contributed by atoms with Crippen LogP contribution in [-0.4, -0.2) is 29.4 Å². The molecular formula is C22H17F2N7. The highest BCUT2D eigenvalue weighted by atomic mass is 19.1. The molecule has 7 nitrogen and oxygen atoms in total. The summed E-state index contributed by atoms with van der Waals surface area (Å²) in [6.07, 6.45) is 3.29. The summed E-state index contributed by atoms with van der Waals surface area (Å²) in [5, 5.41) is 11.7. The second-order valence-electron chi connectivity index (χ2n) is 7.00. The molecule has 31 heavy (non-hydrogen) atoms. The van der Waals surface area contributed by atoms with E-state index in [4.69, 9.17) is 0 Å². The van der Waals surface area contributed by atoms with Crippen molar-refractivity contribution in [3.8, 4) is 17.1 Å². The first-order valence-electron chi connectivity index (χ1n) is 9.59. The summed E-state index contributed by atoms with van der Waals surface area (Å²) in [6, 6.07) is 15.0. The van der Waals surface area contributed by atoms with Crippen molar-refractivity contribution in [1.29, 1.82) is 0 Å². The first-order chi connectivity index (χ1) is 15.1. The zero-order chi connectivity index (χ0) is 21.4. The molecule has 0 aliphatic carbocycles. The molecule has 154 valence electrons. The molecular weight excluding hydrogens is 400 g/mol. The molecule has 0 aliphatic heterocycles. The molecule has 4 heterocycles. The number of nitrogens with one attached hydrogen (secondary N) is 1. The SMILES string of the molecule is Cc1cccc(-n2nc(NCc3c(F)cccc3F)cc2-c2ccn3ncnc3c2)n1. The Labute approximate surface area is 176 Å². The van der Waals surface area contributed by atoms with Crippen molar-refractivity contribution in [3.63, 3.8) is 0 Å². The molecule has 0 saturated carbocycles. The number of nitrogens with zero attached hydrogens (tertiary/aromatic N) is 6. The molecule has 0 bridgehead atoms. The van der Waals surface area contributed by atoms with E-state index in [0.29, 0.717) is 17.3 Å². The maximum Gasteiger partial charge on any atom is 0.155 e. The van der Waals surface area contributed by atoms with E-state index in [9.17, 15) is 8.78 Å². The smallest absolute Gasteiger partial charge is 0.155 e. The molecule has 1 aromatic carbocycles. The molecule has 0 aliphatic rings. The van der Waals surface area contributed by atoms with Crippen LogP contribution >= 0.6 is 0 Å². The third-order valence-electron chi connectivity index (χ3n) is 4.88. The molecule has 0 fully saturated rings. The summed E-state index contributed by atoms with van der Waals surface area (Å²) in [7, 11) is 0. The van der Waals surface area contributed by atoms with Crippen LogP contribution in [-0.2, 0) is 6.54 Å². The zero-order valence-corrected chi connectivity index (χ0v) is 16.5. The van der Waals surface area contributed by atoms with Gasteiger partial charge in [0.2, 0.25) is 0 Å². The summed E-state index contributed by atoms with van der Waals surface area (Å²) in [4.78, 5) is 8.79. The van der Waals surface area contributed by atoms with Gasteiger partial charge in [-0.3, -0.25) is 0 Å². The Morgan fingerprint density at radius 1 is 1.00 bits per heavy atom. The lowest BCUT2D eigenvalue weighted by atomic mass is 10.2. The van der Waals surface area contributed by atoms with E-state index in [1.54, 1.807) is 15.4 Å². The van der Waals surface area contributed by atoms with Crippen LogP contribution in [0.3, 0.4) is 0 Å². The van der Waals surface area contributed by atoms with Crippen molar-refractivity contribution in [2.24, 2.45) is 0 Å². The van der Waals surface area contributed by atoms with Crippen LogP contribution in [0, 0.1) is 18.6 Å². The number of rotatable bonds is 5. The fourth-order valence-corrected chi connectivity index (χ4v) is 3.35. The molecule has 9 heteroatoms. The van der Waals surface area contributed by atoms with Crippen LogP contribution in [0.2, 0.25) is 0 Å². The largest absolute Gasteiger partial charge is 0.364 e. The number of hydrogen-bond acceptors (Lipinski definition) is 5. The molecule has 0 atom stereocenters. The summed E-state index contributed by atoms with van der Waals surface area (Å²) >= 11 is 0. The number of anilines is 1. The van der Waals surface area contributed by atoms with E-state index in [1.165, 1.54) is 24.5 Å². The van der Waals surface area contributed by atoms with Gasteiger partial charge in [-0.2, -0.15) is 5.10 Å². The molecule has 4 aromatic heterocycles. The molecule has 0 saturated heterocycles. The average molecular weight is 417 g/mol. The van der Waals surface area contributed by atoms with Crippen molar-refractivity contribution >= 4 is 11.5 Å². The predicted octanol–water partition coefficient (Wildman–Crippen LogP) is 4.18. The Hall–Kier alpha value is -4.14. The lowest BCUT2D eigenvalue weighted by Gasteiger charge is -2.07. The molecule has 1 N–H and O–H groups in total. The van der Waals surface area contributed by atoms with Crippen molar-refractivity contribution < 1.29 is 8.78 Å². The van der Waals surface area contributed by atoms with E-state index in [-0.39, 0.29) is 12.1 Å². The number of hydrogen-bond donors (Lipinski definition) is 1. The first-order valence-corrected chi connectivity index (χ1v) is 9.59. The fraction of sp³-hybridized carbons (Fsp3) is 0.0909. The highest BCUT2D eigenvalue weighted by Crippen LogP contribution is 2.27. The third-order valence-corrected chi connectivity index (χ3v) is 4.88. The van der Waals surface area contributed by atoms with Crippen molar-refractivity contribution in [2.75, 3.05) is 5.32 Å². The van der Waals surface area contributed by atoms with Crippen molar-refractivity contribution in [2.45, 2.75) is 13.5 Å². The second kappa shape index (κ2) is 7.60. The Bertz CT molecular complexity index is 1370. The molecule has 0 radical (unpaired) electrons. The van der Waals surface area contributed by atoms with Crippen molar-refractivity contribution in [3.05, 3.63) is 90.0 Å². The number of halogens is 2. The Morgan fingerprint density at radius 2 is 1.81 bits per heavy atom. The van der Waals surface area contributed by atoms with Gasteiger partial charge in [0, 0.05) is 35.6 Å². The topological polar surface area (TPSA) is 72.9 Å². The van der Waals surface area contributed by atoms with Crippen molar-refractivity contribution in [1.82, 2.24) is 29.4 Å². The van der Waals surface area contributed by atoms with Gasteiger partial charge in [0.1, 0.15) is 23.8 Å². The zero-order valence-electron chi connectivity index (χ0n) is 16.5. The maximum absolute atomic E-state index is 14.0. The number of fused-ring (bicyclic) bond motifs is 1. The number of benzene rings is 1. The molecule has 0 amide bonds. The lowest BCUT2D eigenvalue weighted by molar-refractivity contribution is 0.560. The van der Waals surface area contributed by atoms with Gasteiger partial charge in [-0.1, -0.05) is 12.1 Å². The number of aromatic nitrogens is 6. The third kappa shape index (κ3) is 3.61. The van der Waals surface area contributed by atoms with Gasteiger partial charge in [-0.15, -0.1) is 5.10 Å². The fourth-order valence-electron chi connectivity index (χ4n) is 3.35. The van der Waals surface area contributed by atoms with Gasteiger partial charge < -0.3 is 5.32 Å². The highest BCUT2D eigenvalue weighted by Gasteiger charge is 2.15. The van der Waals surface area contributed by atoms with E-state index in [1.807, 2.05) is 43.3 Å². The first kappa shape index (κ1) is 18.9. The monoisotopic (exact) mass is 417 g/mol. The minimum atomic E-state index is -0.607. The maximum atomic E-state index is 14.0. The highest BCUT2D eigenvalue weighted by molar-refractivity contribution is 5.68. The number of aryl methyl sites for hydroxylation is 1. The van der Waals surface area contributed by atoms with E-state index in [2.05, 4.69) is 25.5 Å². The second-order valence-corrected chi connectivity index (χ2v) is 7.00. The standard InChI is InChI=1S/C22H17F2N7/c1-14-4-2-7-21(28-14)31-19(15-8-9-30-22(10-15)26-13-27-30)11-20(29-31)25-12-16-17(23)5-3-6-18(16)24/h2-11,13H,12H2,1H3,(H,25,29).